The van der Waals surface area contributed by atoms with Crippen molar-refractivity contribution in [2.75, 3.05) is 13.7 Å². The van der Waals surface area contributed by atoms with Crippen molar-refractivity contribution in [1.29, 1.82) is 5.26 Å². The molecule has 2 heterocycles. The minimum absolute atomic E-state index is 0.0137. The maximum absolute atomic E-state index is 13.8. The van der Waals surface area contributed by atoms with E-state index in [1.807, 2.05) is 66.9 Å². The highest BCUT2D eigenvalue weighted by atomic mass is 16.5. The standard InChI is InChI=1S/C34H28N4O4/c1-4-18-42-29-16-12-25(13-17-29)32-26(22-38(36-32)27-8-6-5-7-9-27)19-30-23(2)31(20-35)34(40)37(33(30)39)21-24-10-14-28(41-3)15-11-24/h4-17,19,22H,1,18,21H2,2-3H3/b30-19+. The number of nitrogens with zero attached hydrogens (tertiary/aromatic N) is 4. The Balaban J connectivity index is 1.59. The molecule has 0 saturated carbocycles. The summed E-state index contributed by atoms with van der Waals surface area (Å²) in [6, 6.07) is 26.2. The third-order valence-electron chi connectivity index (χ3n) is 6.88. The summed E-state index contributed by atoms with van der Waals surface area (Å²) < 4.78 is 12.6. The summed E-state index contributed by atoms with van der Waals surface area (Å²) in [6.07, 6.45) is 5.21. The Morgan fingerprint density at radius 1 is 0.952 bits per heavy atom. The highest BCUT2D eigenvalue weighted by Gasteiger charge is 2.35. The molecule has 0 saturated heterocycles. The summed E-state index contributed by atoms with van der Waals surface area (Å²) in [4.78, 5) is 28.2. The highest BCUT2D eigenvalue weighted by molar-refractivity contribution is 6.19. The fraction of sp³-hybridized carbons (Fsp3) is 0.118. The van der Waals surface area contributed by atoms with Crippen LogP contribution in [0.2, 0.25) is 0 Å². The number of ether oxygens (including phenoxy) is 2. The monoisotopic (exact) mass is 556 g/mol. The molecule has 8 heteroatoms. The number of aromatic nitrogens is 2. The van der Waals surface area contributed by atoms with E-state index >= 15 is 0 Å². The Bertz CT molecular complexity index is 1740. The molecule has 0 atom stereocenters. The minimum atomic E-state index is -0.622. The van der Waals surface area contributed by atoms with E-state index in [1.165, 1.54) is 0 Å². The van der Waals surface area contributed by atoms with Crippen LogP contribution >= 0.6 is 0 Å². The first kappa shape index (κ1) is 27.9. The Morgan fingerprint density at radius 3 is 2.29 bits per heavy atom. The summed E-state index contributed by atoms with van der Waals surface area (Å²) in [5.74, 6) is 0.239. The van der Waals surface area contributed by atoms with Gasteiger partial charge in [-0.05, 0) is 72.7 Å². The van der Waals surface area contributed by atoms with Crippen molar-refractivity contribution < 1.29 is 19.1 Å². The van der Waals surface area contributed by atoms with Gasteiger partial charge in [0.25, 0.3) is 11.8 Å². The minimum Gasteiger partial charge on any atom is -0.497 e. The Hall–Kier alpha value is -5.68. The molecule has 208 valence electrons. The average Bonchev–Trinajstić information content (AvgIpc) is 3.45. The maximum Gasteiger partial charge on any atom is 0.271 e. The van der Waals surface area contributed by atoms with Gasteiger partial charge in [-0.25, -0.2) is 4.68 Å². The van der Waals surface area contributed by atoms with E-state index in [9.17, 15) is 14.9 Å². The number of rotatable bonds is 9. The predicted molar refractivity (Wildman–Crippen MR) is 160 cm³/mol. The van der Waals surface area contributed by atoms with Crippen molar-refractivity contribution in [2.24, 2.45) is 0 Å². The normalized spacial score (nSPS) is 14.2. The molecule has 0 bridgehead atoms. The molecule has 0 N–H and O–H groups in total. The second kappa shape index (κ2) is 12.2. The zero-order valence-corrected chi connectivity index (χ0v) is 23.3. The van der Waals surface area contributed by atoms with Crippen LogP contribution in [0.15, 0.2) is 114 Å². The van der Waals surface area contributed by atoms with Gasteiger partial charge in [0.15, 0.2) is 0 Å². The summed E-state index contributed by atoms with van der Waals surface area (Å²) in [6.45, 7) is 5.70. The van der Waals surface area contributed by atoms with Gasteiger partial charge < -0.3 is 9.47 Å². The first-order valence-electron chi connectivity index (χ1n) is 13.2. The van der Waals surface area contributed by atoms with Crippen LogP contribution in [0.25, 0.3) is 23.0 Å². The molecule has 4 aromatic rings. The number of methoxy groups -OCH3 is 1. The van der Waals surface area contributed by atoms with Gasteiger partial charge >= 0.3 is 0 Å². The van der Waals surface area contributed by atoms with Crippen molar-refractivity contribution in [3.63, 3.8) is 0 Å². The Morgan fingerprint density at radius 2 is 1.64 bits per heavy atom. The summed E-state index contributed by atoms with van der Waals surface area (Å²) in [5, 5.41) is 14.7. The molecule has 5 rings (SSSR count). The van der Waals surface area contributed by atoms with E-state index in [4.69, 9.17) is 14.6 Å². The molecule has 42 heavy (non-hydrogen) atoms. The number of imide groups is 1. The van der Waals surface area contributed by atoms with Crippen LogP contribution < -0.4 is 9.47 Å². The zero-order valence-electron chi connectivity index (χ0n) is 23.3. The number of hydrogen-bond donors (Lipinski definition) is 0. The van der Waals surface area contributed by atoms with Gasteiger partial charge in [-0.15, -0.1) is 0 Å². The molecule has 0 fully saturated rings. The van der Waals surface area contributed by atoms with Crippen LogP contribution in [0.5, 0.6) is 11.5 Å². The van der Waals surface area contributed by atoms with E-state index in [-0.39, 0.29) is 17.7 Å². The van der Waals surface area contributed by atoms with Gasteiger partial charge in [0.05, 0.1) is 25.0 Å². The molecular formula is C34H28N4O4. The number of para-hydroxylation sites is 1. The predicted octanol–water partition coefficient (Wildman–Crippen LogP) is 5.91. The average molecular weight is 557 g/mol. The number of carbonyl (C=O) groups excluding carboxylic acids is 2. The van der Waals surface area contributed by atoms with Crippen LogP contribution in [-0.4, -0.2) is 40.2 Å². The second-order valence-corrected chi connectivity index (χ2v) is 9.55. The molecule has 3 aromatic carbocycles. The van der Waals surface area contributed by atoms with E-state index in [0.29, 0.717) is 34.9 Å². The number of carbonyl (C=O) groups is 2. The Kier molecular flexibility index (Phi) is 8.12. The van der Waals surface area contributed by atoms with Crippen LogP contribution in [0, 0.1) is 11.3 Å². The van der Waals surface area contributed by atoms with E-state index in [0.717, 1.165) is 21.7 Å². The fourth-order valence-corrected chi connectivity index (χ4v) is 4.64. The highest BCUT2D eigenvalue weighted by Crippen LogP contribution is 2.32. The van der Waals surface area contributed by atoms with Crippen LogP contribution in [0.4, 0.5) is 0 Å². The van der Waals surface area contributed by atoms with Crippen LogP contribution in [0.3, 0.4) is 0 Å². The molecular weight excluding hydrogens is 528 g/mol. The van der Waals surface area contributed by atoms with Gasteiger partial charge in [0.2, 0.25) is 0 Å². The molecule has 2 amide bonds. The topological polar surface area (TPSA) is 97.4 Å². The summed E-state index contributed by atoms with van der Waals surface area (Å²) in [7, 11) is 1.57. The lowest BCUT2D eigenvalue weighted by Gasteiger charge is -2.27. The molecule has 1 aromatic heterocycles. The third kappa shape index (κ3) is 5.62. The molecule has 8 nitrogen and oxygen atoms in total. The first-order valence-corrected chi connectivity index (χ1v) is 13.2. The maximum atomic E-state index is 13.8. The lowest BCUT2D eigenvalue weighted by atomic mass is 9.93. The second-order valence-electron chi connectivity index (χ2n) is 9.55. The summed E-state index contributed by atoms with van der Waals surface area (Å²) >= 11 is 0. The van der Waals surface area contributed by atoms with Gasteiger partial charge in [-0.2, -0.15) is 10.4 Å². The largest absolute Gasteiger partial charge is 0.497 e. The Labute approximate surface area is 244 Å². The van der Waals surface area contributed by atoms with Crippen LogP contribution in [-0.2, 0) is 16.1 Å². The molecule has 1 aliphatic heterocycles. The van der Waals surface area contributed by atoms with Crippen molar-refractivity contribution in [3.8, 4) is 34.5 Å². The lowest BCUT2D eigenvalue weighted by Crippen LogP contribution is -2.42. The molecule has 0 aliphatic carbocycles. The number of nitriles is 1. The van der Waals surface area contributed by atoms with Crippen molar-refractivity contribution in [3.05, 3.63) is 126 Å². The van der Waals surface area contributed by atoms with Gasteiger partial charge in [0.1, 0.15) is 29.7 Å². The number of hydrogen-bond acceptors (Lipinski definition) is 6. The fourth-order valence-electron chi connectivity index (χ4n) is 4.64. The van der Waals surface area contributed by atoms with Crippen molar-refractivity contribution in [2.45, 2.75) is 13.5 Å². The van der Waals surface area contributed by atoms with E-state index in [2.05, 4.69) is 6.58 Å². The van der Waals surface area contributed by atoms with E-state index in [1.54, 1.807) is 55.1 Å². The number of amides is 2. The smallest absolute Gasteiger partial charge is 0.271 e. The first-order chi connectivity index (χ1) is 20.4. The third-order valence-corrected chi connectivity index (χ3v) is 6.88. The molecule has 0 radical (unpaired) electrons. The lowest BCUT2D eigenvalue weighted by molar-refractivity contribution is -0.141. The molecule has 0 spiro atoms. The van der Waals surface area contributed by atoms with Crippen LogP contribution in [0.1, 0.15) is 18.1 Å². The quantitative estimate of drug-likeness (QED) is 0.145. The molecule has 0 unspecified atom stereocenters. The summed E-state index contributed by atoms with van der Waals surface area (Å²) in [5.41, 5.74) is 4.14. The van der Waals surface area contributed by atoms with Crippen molar-refractivity contribution in [1.82, 2.24) is 14.7 Å². The zero-order chi connectivity index (χ0) is 29.6. The van der Waals surface area contributed by atoms with Gasteiger partial charge in [-0.1, -0.05) is 43.0 Å². The van der Waals surface area contributed by atoms with Gasteiger partial charge in [0, 0.05) is 22.9 Å². The number of benzene rings is 3. The van der Waals surface area contributed by atoms with Gasteiger partial charge in [-0.3, -0.25) is 14.5 Å². The SMILES string of the molecule is C=CCOc1ccc(-c2nn(-c3ccccc3)cc2/C=C2/C(=O)N(Cc3ccc(OC)cc3)C(=O)C(C#N)=C2C)cc1. The van der Waals surface area contributed by atoms with E-state index < -0.39 is 11.8 Å². The van der Waals surface area contributed by atoms with Crippen molar-refractivity contribution >= 4 is 17.9 Å². The molecule has 1 aliphatic rings.